The fraction of sp³-hybridized carbons (Fsp3) is 0.486. The van der Waals surface area contributed by atoms with Crippen LogP contribution >= 0.6 is 0 Å². The number of carbonyl (C=O) groups excluding carboxylic acids is 2. The second kappa shape index (κ2) is 16.4. The van der Waals surface area contributed by atoms with Gasteiger partial charge in [0.1, 0.15) is 12.6 Å². The Morgan fingerprint density at radius 2 is 1.67 bits per heavy atom. The van der Waals surface area contributed by atoms with Crippen molar-refractivity contribution in [1.82, 2.24) is 29.6 Å². The van der Waals surface area contributed by atoms with E-state index in [0.29, 0.717) is 25.2 Å². The van der Waals surface area contributed by atoms with Crippen LogP contribution in [0.5, 0.6) is 0 Å². The number of nitroso groups, excluding NO2 is 1. The lowest BCUT2D eigenvalue weighted by atomic mass is 9.84. The van der Waals surface area contributed by atoms with Crippen LogP contribution in [0.1, 0.15) is 51.3 Å². The van der Waals surface area contributed by atoms with Crippen LogP contribution in [0.2, 0.25) is 0 Å². The second-order valence-corrected chi connectivity index (χ2v) is 15.9. The van der Waals surface area contributed by atoms with E-state index in [1.165, 1.54) is 28.6 Å². The molecule has 0 saturated carbocycles. The van der Waals surface area contributed by atoms with Gasteiger partial charge in [-0.25, -0.2) is 13.2 Å². The Morgan fingerprint density at radius 1 is 0.980 bits per heavy atom. The highest BCUT2D eigenvalue weighted by atomic mass is 32.2. The highest BCUT2D eigenvalue weighted by Gasteiger charge is 2.44. The molecule has 0 bridgehead atoms. The maximum absolute atomic E-state index is 14.2. The van der Waals surface area contributed by atoms with Gasteiger partial charge in [0.15, 0.2) is 0 Å². The molecule has 13 nitrogen and oxygen atoms in total. The van der Waals surface area contributed by atoms with Gasteiger partial charge in [0.05, 0.1) is 23.2 Å². The maximum atomic E-state index is 14.2. The van der Waals surface area contributed by atoms with Gasteiger partial charge in [-0.2, -0.15) is 19.4 Å². The van der Waals surface area contributed by atoms with Gasteiger partial charge >= 0.3 is 6.03 Å². The number of carbonyl (C=O) groups is 2. The van der Waals surface area contributed by atoms with Crippen molar-refractivity contribution < 1.29 is 23.1 Å². The Morgan fingerprint density at radius 3 is 2.27 bits per heavy atom. The summed E-state index contributed by atoms with van der Waals surface area (Å²) in [5.74, 6) is -0.508. The average molecular weight is 694 g/mol. The van der Waals surface area contributed by atoms with Gasteiger partial charge in [-0.1, -0.05) is 82.3 Å². The van der Waals surface area contributed by atoms with Crippen molar-refractivity contribution in [2.24, 2.45) is 16.5 Å². The molecule has 0 aliphatic carbocycles. The average Bonchev–Trinajstić information content (AvgIpc) is 3.39. The van der Waals surface area contributed by atoms with Gasteiger partial charge in [-0.15, -0.1) is 0 Å². The molecule has 3 atom stereocenters. The molecule has 4 rings (SSSR count). The van der Waals surface area contributed by atoms with Crippen LogP contribution in [-0.2, 0) is 34.3 Å². The molecule has 0 radical (unpaired) electrons. The zero-order valence-corrected chi connectivity index (χ0v) is 29.6. The molecule has 3 amide bonds. The van der Waals surface area contributed by atoms with Crippen LogP contribution in [0.15, 0.2) is 83.1 Å². The number of rotatable bonds is 16. The fourth-order valence-corrected chi connectivity index (χ4v) is 7.66. The van der Waals surface area contributed by atoms with Crippen molar-refractivity contribution in [2.75, 3.05) is 26.2 Å². The zero-order chi connectivity index (χ0) is 35.8. The molecule has 1 saturated heterocycles. The number of urea groups is 1. The smallest absolute Gasteiger partial charge is 0.321 e. The van der Waals surface area contributed by atoms with E-state index in [1.54, 1.807) is 28.3 Å². The number of amides is 3. The van der Waals surface area contributed by atoms with E-state index in [1.807, 2.05) is 65.0 Å². The highest BCUT2D eigenvalue weighted by molar-refractivity contribution is 7.89. The van der Waals surface area contributed by atoms with E-state index < -0.39 is 39.5 Å². The van der Waals surface area contributed by atoms with Crippen molar-refractivity contribution in [3.8, 4) is 0 Å². The van der Waals surface area contributed by atoms with Crippen molar-refractivity contribution in [3.63, 3.8) is 0 Å². The van der Waals surface area contributed by atoms with E-state index in [9.17, 15) is 28.0 Å². The largest absolute Gasteiger partial charge is 0.390 e. The Labute approximate surface area is 288 Å². The SMILES string of the molecule is CC(C)CN(C[C@@H](O)[C@H](Cc1ccccc1)NC(=O)[C@@H](N1CCN(Cc2ccnnc2)C1=O)C(C)(C)C)S(=O)(=O)c1ccc(CN=O)cc1. The van der Waals surface area contributed by atoms with Crippen molar-refractivity contribution >= 4 is 22.0 Å². The van der Waals surface area contributed by atoms with Crippen molar-refractivity contribution in [3.05, 3.63) is 94.7 Å². The zero-order valence-electron chi connectivity index (χ0n) is 28.8. The third-order valence-corrected chi connectivity index (χ3v) is 10.2. The molecule has 1 fully saturated rings. The summed E-state index contributed by atoms with van der Waals surface area (Å²) in [7, 11) is -4.06. The molecule has 0 unspecified atom stereocenters. The molecule has 1 aliphatic heterocycles. The third kappa shape index (κ3) is 9.89. The van der Waals surface area contributed by atoms with Crippen LogP contribution < -0.4 is 5.32 Å². The summed E-state index contributed by atoms with van der Waals surface area (Å²) in [5, 5.41) is 25.3. The molecule has 3 aromatic rings. The normalized spacial score (nSPS) is 15.8. The van der Waals surface area contributed by atoms with Gasteiger partial charge < -0.3 is 20.2 Å². The molecule has 0 spiro atoms. The fourth-order valence-electron chi connectivity index (χ4n) is 6.04. The Balaban J connectivity index is 1.59. The lowest BCUT2D eigenvalue weighted by Gasteiger charge is -2.38. The van der Waals surface area contributed by atoms with Crippen molar-refractivity contribution in [1.29, 1.82) is 0 Å². The standard InChI is InChI=1S/C35H47N7O6S/c1-25(2)22-41(49(47,48)29-13-11-27(12-14-29)21-38-46)24-31(43)30(19-26-9-7-6-8-10-26)39-33(44)32(35(3,4)5)42-18-17-40(34(42)45)23-28-15-16-36-37-20-28/h6-16,20,25,30-32,43H,17-19,21-24H2,1-5H3,(H,39,44)/t30-,31+,32+/m0/s1. The summed E-state index contributed by atoms with van der Waals surface area (Å²) < 4.78 is 29.0. The number of nitrogens with zero attached hydrogens (tertiary/aromatic N) is 6. The van der Waals surface area contributed by atoms with Gasteiger partial charge in [0.2, 0.25) is 15.9 Å². The van der Waals surface area contributed by atoms with E-state index in [0.717, 1.165) is 11.1 Å². The number of aromatic nitrogens is 2. The van der Waals surface area contributed by atoms with Crippen LogP contribution in [0.4, 0.5) is 4.79 Å². The number of sulfonamides is 1. The minimum Gasteiger partial charge on any atom is -0.390 e. The van der Waals surface area contributed by atoms with Crippen LogP contribution in [0.25, 0.3) is 0 Å². The first-order valence-corrected chi connectivity index (χ1v) is 17.9. The number of hydrogen-bond donors (Lipinski definition) is 2. The number of aliphatic hydroxyl groups is 1. The van der Waals surface area contributed by atoms with Crippen LogP contribution in [-0.4, -0.2) is 94.1 Å². The molecule has 14 heteroatoms. The number of nitrogens with one attached hydrogen (secondary N) is 1. The maximum Gasteiger partial charge on any atom is 0.321 e. The van der Waals surface area contributed by atoms with Crippen molar-refractivity contribution in [2.45, 2.75) is 77.2 Å². The van der Waals surface area contributed by atoms with E-state index in [4.69, 9.17) is 0 Å². The highest BCUT2D eigenvalue weighted by Crippen LogP contribution is 2.29. The molecule has 49 heavy (non-hydrogen) atoms. The summed E-state index contributed by atoms with van der Waals surface area (Å²) in [6, 6.07) is 15.0. The lowest BCUT2D eigenvalue weighted by molar-refractivity contribution is -0.130. The van der Waals surface area contributed by atoms with Gasteiger partial charge in [-0.3, -0.25) is 4.79 Å². The predicted molar refractivity (Wildman–Crippen MR) is 185 cm³/mol. The monoisotopic (exact) mass is 693 g/mol. The molecule has 264 valence electrons. The first-order chi connectivity index (χ1) is 23.2. The first kappa shape index (κ1) is 37.5. The summed E-state index contributed by atoms with van der Waals surface area (Å²) >= 11 is 0. The summed E-state index contributed by atoms with van der Waals surface area (Å²) in [6.07, 6.45) is 2.08. The van der Waals surface area contributed by atoms with E-state index in [2.05, 4.69) is 20.7 Å². The number of benzene rings is 2. The molecule has 2 N–H and O–H groups in total. The summed E-state index contributed by atoms with van der Waals surface area (Å²) in [5.41, 5.74) is 1.57. The Hall–Kier alpha value is -4.27. The summed E-state index contributed by atoms with van der Waals surface area (Å²) in [4.78, 5) is 41.8. The lowest BCUT2D eigenvalue weighted by Crippen LogP contribution is -2.59. The number of aliphatic hydroxyl groups excluding tert-OH is 1. The van der Waals surface area contributed by atoms with Gasteiger partial charge in [-0.05, 0) is 52.6 Å². The first-order valence-electron chi connectivity index (χ1n) is 16.4. The molecule has 1 aliphatic rings. The van der Waals surface area contributed by atoms with Crippen LogP contribution in [0, 0.1) is 16.2 Å². The molecular weight excluding hydrogens is 646 g/mol. The minimum atomic E-state index is -4.06. The predicted octanol–water partition coefficient (Wildman–Crippen LogP) is 3.83. The quantitative estimate of drug-likeness (QED) is 0.214. The summed E-state index contributed by atoms with van der Waals surface area (Å²) in [6.45, 7) is 10.3. The van der Waals surface area contributed by atoms with Crippen LogP contribution in [0.3, 0.4) is 0 Å². The van der Waals surface area contributed by atoms with Gasteiger partial charge in [0.25, 0.3) is 0 Å². The Bertz CT molecular complexity index is 1650. The molecule has 1 aromatic heterocycles. The Kier molecular flexibility index (Phi) is 12.6. The van der Waals surface area contributed by atoms with E-state index in [-0.39, 0.29) is 42.9 Å². The molecule has 2 heterocycles. The second-order valence-electron chi connectivity index (χ2n) is 13.9. The van der Waals surface area contributed by atoms with Gasteiger partial charge in [0, 0.05) is 38.9 Å². The minimum absolute atomic E-state index is 0.0195. The topological polar surface area (TPSA) is 165 Å². The number of hydrogen-bond acceptors (Lipinski definition) is 9. The van der Waals surface area contributed by atoms with E-state index >= 15 is 0 Å². The molecule has 2 aromatic carbocycles. The third-order valence-electron chi connectivity index (χ3n) is 8.38. The molecular formula is C35H47N7O6S.